The third kappa shape index (κ3) is 4.02. The number of carbonyl (C=O) groups is 3. The van der Waals surface area contributed by atoms with Gasteiger partial charge < -0.3 is 15.4 Å². The van der Waals surface area contributed by atoms with Gasteiger partial charge >= 0.3 is 5.97 Å². The number of benzene rings is 1. The van der Waals surface area contributed by atoms with E-state index in [1.165, 1.54) is 4.90 Å². The first-order valence-corrected chi connectivity index (χ1v) is 7.11. The molecule has 1 unspecified atom stereocenters. The molecule has 1 heterocycles. The molecule has 8 heteroatoms. The number of hydrogen-bond donors (Lipinski definition) is 1. The van der Waals surface area contributed by atoms with Gasteiger partial charge in [-0.25, -0.2) is 13.6 Å². The van der Waals surface area contributed by atoms with Crippen molar-refractivity contribution < 1.29 is 27.9 Å². The molecule has 2 amide bonds. The van der Waals surface area contributed by atoms with E-state index in [2.05, 4.69) is 0 Å². The summed E-state index contributed by atoms with van der Waals surface area (Å²) in [5, 5.41) is 0. The number of esters is 1. The Bertz CT molecular complexity index is 636. The van der Waals surface area contributed by atoms with Crippen LogP contribution in [0, 0.1) is 11.6 Å². The second kappa shape index (κ2) is 7.17. The number of amides is 2. The van der Waals surface area contributed by atoms with E-state index in [1.807, 2.05) is 0 Å². The molecule has 1 atom stereocenters. The number of likely N-dealkylation sites (tertiary alicyclic amines) is 1. The molecular weight excluding hydrogens is 310 g/mol. The topological polar surface area (TPSA) is 89.7 Å². The molecule has 0 spiro atoms. The number of rotatable bonds is 4. The minimum absolute atomic E-state index is 0.342. The lowest BCUT2D eigenvalue weighted by Gasteiger charge is -2.33. The van der Waals surface area contributed by atoms with E-state index >= 15 is 0 Å². The SMILES string of the molecule is NC(=O)C1CCCCN1C(=O)COC(=O)c1ccc(F)cc1F. The van der Waals surface area contributed by atoms with Gasteiger partial charge in [0.1, 0.15) is 17.7 Å². The second-order valence-electron chi connectivity index (χ2n) is 5.20. The lowest BCUT2D eigenvalue weighted by Crippen LogP contribution is -2.51. The lowest BCUT2D eigenvalue weighted by atomic mass is 10.0. The van der Waals surface area contributed by atoms with E-state index in [0.29, 0.717) is 19.0 Å². The van der Waals surface area contributed by atoms with Crippen molar-refractivity contribution in [2.24, 2.45) is 5.73 Å². The number of piperidine rings is 1. The third-order valence-electron chi connectivity index (χ3n) is 3.63. The van der Waals surface area contributed by atoms with E-state index < -0.39 is 47.6 Å². The Kier molecular flexibility index (Phi) is 5.25. The first-order valence-electron chi connectivity index (χ1n) is 7.11. The zero-order valence-corrected chi connectivity index (χ0v) is 12.3. The van der Waals surface area contributed by atoms with Gasteiger partial charge in [-0.3, -0.25) is 9.59 Å². The molecule has 1 aromatic rings. The van der Waals surface area contributed by atoms with Crippen molar-refractivity contribution >= 4 is 17.8 Å². The van der Waals surface area contributed by atoms with Gasteiger partial charge in [0.15, 0.2) is 6.61 Å². The van der Waals surface area contributed by atoms with Gasteiger partial charge in [-0.2, -0.15) is 0 Å². The molecule has 1 aliphatic heterocycles. The molecule has 1 aliphatic rings. The number of nitrogens with two attached hydrogens (primary N) is 1. The second-order valence-corrected chi connectivity index (χ2v) is 5.20. The fourth-order valence-electron chi connectivity index (χ4n) is 2.47. The highest BCUT2D eigenvalue weighted by molar-refractivity contribution is 5.92. The van der Waals surface area contributed by atoms with Crippen LogP contribution in [0.2, 0.25) is 0 Å². The minimum atomic E-state index is -1.08. The van der Waals surface area contributed by atoms with Crippen molar-refractivity contribution in [1.82, 2.24) is 4.90 Å². The maximum absolute atomic E-state index is 13.5. The van der Waals surface area contributed by atoms with E-state index in [9.17, 15) is 23.2 Å². The lowest BCUT2D eigenvalue weighted by molar-refractivity contribution is -0.143. The highest BCUT2D eigenvalue weighted by Crippen LogP contribution is 2.17. The monoisotopic (exact) mass is 326 g/mol. The summed E-state index contributed by atoms with van der Waals surface area (Å²) in [5.41, 5.74) is 4.78. The fraction of sp³-hybridized carbons (Fsp3) is 0.400. The quantitative estimate of drug-likeness (QED) is 0.836. The molecule has 0 aliphatic carbocycles. The van der Waals surface area contributed by atoms with Crippen LogP contribution in [-0.4, -0.2) is 41.9 Å². The van der Waals surface area contributed by atoms with Crippen LogP contribution in [0.1, 0.15) is 29.6 Å². The Morgan fingerprint density at radius 2 is 2.00 bits per heavy atom. The molecule has 1 fully saturated rings. The number of carbonyl (C=O) groups excluding carboxylic acids is 3. The van der Waals surface area contributed by atoms with Crippen molar-refractivity contribution in [3.8, 4) is 0 Å². The van der Waals surface area contributed by atoms with Crippen molar-refractivity contribution in [2.45, 2.75) is 25.3 Å². The predicted octanol–water partition coefficient (Wildman–Crippen LogP) is 0.988. The van der Waals surface area contributed by atoms with Crippen LogP contribution in [0.25, 0.3) is 0 Å². The molecule has 2 rings (SSSR count). The molecule has 6 nitrogen and oxygen atoms in total. The average molecular weight is 326 g/mol. The summed E-state index contributed by atoms with van der Waals surface area (Å²) < 4.78 is 31.0. The maximum atomic E-state index is 13.5. The normalized spacial score (nSPS) is 17.7. The first-order chi connectivity index (χ1) is 10.9. The number of primary amides is 1. The summed E-state index contributed by atoms with van der Waals surface area (Å²) in [5.74, 6) is -4.18. The zero-order chi connectivity index (χ0) is 17.0. The minimum Gasteiger partial charge on any atom is -0.452 e. The van der Waals surface area contributed by atoms with Gasteiger partial charge in [0.2, 0.25) is 5.91 Å². The Morgan fingerprint density at radius 1 is 1.26 bits per heavy atom. The van der Waals surface area contributed by atoms with Gasteiger partial charge in [0.05, 0.1) is 5.56 Å². The molecule has 1 aromatic carbocycles. The van der Waals surface area contributed by atoms with Gasteiger partial charge in [-0.15, -0.1) is 0 Å². The molecule has 23 heavy (non-hydrogen) atoms. The Hall–Kier alpha value is -2.51. The van der Waals surface area contributed by atoms with Crippen molar-refractivity contribution in [1.29, 1.82) is 0 Å². The van der Waals surface area contributed by atoms with Crippen molar-refractivity contribution in [3.63, 3.8) is 0 Å². The maximum Gasteiger partial charge on any atom is 0.341 e. The Morgan fingerprint density at radius 3 is 2.65 bits per heavy atom. The summed E-state index contributed by atoms with van der Waals surface area (Å²) in [6.07, 6.45) is 1.95. The van der Waals surface area contributed by atoms with Crippen molar-refractivity contribution in [2.75, 3.05) is 13.2 Å². The summed E-state index contributed by atoms with van der Waals surface area (Å²) in [7, 11) is 0. The highest BCUT2D eigenvalue weighted by Gasteiger charge is 2.31. The highest BCUT2D eigenvalue weighted by atomic mass is 19.1. The summed E-state index contributed by atoms with van der Waals surface area (Å²) in [4.78, 5) is 36.4. The smallest absolute Gasteiger partial charge is 0.341 e. The van der Waals surface area contributed by atoms with E-state index in [0.717, 1.165) is 25.0 Å². The van der Waals surface area contributed by atoms with Gasteiger partial charge in [-0.05, 0) is 31.4 Å². The van der Waals surface area contributed by atoms with Crippen molar-refractivity contribution in [3.05, 3.63) is 35.4 Å². The standard InChI is InChI=1S/C15H16F2N2O4/c16-9-4-5-10(11(17)7-9)15(22)23-8-13(20)19-6-2-1-3-12(19)14(18)21/h4-5,7,12H,1-3,6,8H2,(H2,18,21). The number of hydrogen-bond acceptors (Lipinski definition) is 4. The summed E-state index contributed by atoms with van der Waals surface area (Å²) in [6.45, 7) is -0.297. The Balaban J connectivity index is 1.97. The van der Waals surface area contributed by atoms with Crippen LogP contribution in [0.5, 0.6) is 0 Å². The average Bonchev–Trinajstić information content (AvgIpc) is 2.52. The first kappa shape index (κ1) is 16.9. The van der Waals surface area contributed by atoms with Crippen LogP contribution in [0.15, 0.2) is 18.2 Å². The van der Waals surface area contributed by atoms with Gasteiger partial charge in [-0.1, -0.05) is 0 Å². The van der Waals surface area contributed by atoms with E-state index in [4.69, 9.17) is 10.5 Å². The number of nitrogens with zero attached hydrogens (tertiary/aromatic N) is 1. The van der Waals surface area contributed by atoms with Crippen LogP contribution in [0.4, 0.5) is 8.78 Å². The zero-order valence-electron chi connectivity index (χ0n) is 12.3. The number of ether oxygens (including phenoxy) is 1. The van der Waals surface area contributed by atoms with Crippen LogP contribution >= 0.6 is 0 Å². The molecular formula is C15H16F2N2O4. The molecule has 0 radical (unpaired) electrons. The van der Waals surface area contributed by atoms with E-state index in [-0.39, 0.29) is 0 Å². The van der Waals surface area contributed by atoms with Gasteiger partial charge in [0.25, 0.3) is 5.91 Å². The molecule has 0 aromatic heterocycles. The van der Waals surface area contributed by atoms with Crippen LogP contribution in [0.3, 0.4) is 0 Å². The van der Waals surface area contributed by atoms with Gasteiger partial charge in [0, 0.05) is 12.6 Å². The largest absolute Gasteiger partial charge is 0.452 e. The van der Waals surface area contributed by atoms with Crippen LogP contribution < -0.4 is 5.73 Å². The molecule has 2 N–H and O–H groups in total. The summed E-state index contributed by atoms with van der Waals surface area (Å²) >= 11 is 0. The molecule has 0 bridgehead atoms. The molecule has 0 saturated carbocycles. The third-order valence-corrected chi connectivity index (χ3v) is 3.63. The van der Waals surface area contributed by atoms with E-state index in [1.54, 1.807) is 0 Å². The molecule has 1 saturated heterocycles. The Labute approximate surface area is 131 Å². The van der Waals surface area contributed by atoms with Crippen LogP contribution in [-0.2, 0) is 14.3 Å². The number of halogens is 2. The predicted molar refractivity (Wildman–Crippen MR) is 75.2 cm³/mol. The fourth-order valence-corrected chi connectivity index (χ4v) is 2.47. The summed E-state index contributed by atoms with van der Waals surface area (Å²) in [6, 6.07) is 1.67. The molecule has 124 valence electrons.